The van der Waals surface area contributed by atoms with Gasteiger partial charge in [0, 0.05) is 19.2 Å². The molecule has 5 nitrogen and oxygen atoms in total. The fourth-order valence-electron chi connectivity index (χ4n) is 2.37. The van der Waals surface area contributed by atoms with Crippen molar-refractivity contribution in [2.75, 3.05) is 20.4 Å². The average Bonchev–Trinajstić information content (AvgIpc) is 2.82. The number of carboxylic acid groups (broad SMARTS) is 1. The van der Waals surface area contributed by atoms with Crippen LogP contribution in [0.15, 0.2) is 24.3 Å². The van der Waals surface area contributed by atoms with E-state index in [0.717, 1.165) is 5.57 Å². The summed E-state index contributed by atoms with van der Waals surface area (Å²) < 4.78 is 10.4. The second-order valence-corrected chi connectivity index (χ2v) is 5.49. The number of amides is 1. The maximum Gasteiger partial charge on any atom is 0.408 e. The summed E-state index contributed by atoms with van der Waals surface area (Å²) >= 11 is 12.3. The number of hydrogen-bond donors (Lipinski definition) is 1. The van der Waals surface area contributed by atoms with Crippen LogP contribution >= 0.6 is 23.2 Å². The van der Waals surface area contributed by atoms with Gasteiger partial charge in [-0.15, -0.1) is 0 Å². The zero-order valence-electron chi connectivity index (χ0n) is 11.4. The Labute approximate surface area is 132 Å². The lowest BCUT2D eigenvalue weighted by Crippen LogP contribution is -2.29. The van der Waals surface area contributed by atoms with Crippen LogP contribution in [0.2, 0.25) is 10.0 Å². The molecule has 1 fully saturated rings. The van der Waals surface area contributed by atoms with Crippen molar-refractivity contribution in [3.63, 3.8) is 0 Å². The molecular weight excluding hydrogens is 317 g/mol. The minimum absolute atomic E-state index is 0.0334. The van der Waals surface area contributed by atoms with Gasteiger partial charge in [-0.1, -0.05) is 35.4 Å². The van der Waals surface area contributed by atoms with Crippen molar-refractivity contribution >= 4 is 29.3 Å². The molecule has 7 heteroatoms. The van der Waals surface area contributed by atoms with E-state index in [-0.39, 0.29) is 18.4 Å². The van der Waals surface area contributed by atoms with E-state index in [0.29, 0.717) is 22.8 Å². The van der Waals surface area contributed by atoms with Crippen molar-refractivity contribution in [1.82, 2.24) is 4.90 Å². The Morgan fingerprint density at radius 3 is 2.86 bits per heavy atom. The number of likely N-dealkylation sites (tertiary alicyclic amines) is 1. The summed E-state index contributed by atoms with van der Waals surface area (Å²) in [4.78, 5) is 12.7. The number of carbonyl (C=O) groups is 1. The molecule has 1 aliphatic rings. The minimum Gasteiger partial charge on any atom is -0.467 e. The molecule has 0 bridgehead atoms. The predicted octanol–water partition coefficient (Wildman–Crippen LogP) is 3.96. The van der Waals surface area contributed by atoms with E-state index in [4.69, 9.17) is 32.7 Å². The Hall–Kier alpha value is -1.43. The Bertz CT molecular complexity index is 576. The van der Waals surface area contributed by atoms with Crippen molar-refractivity contribution in [2.24, 2.45) is 0 Å². The molecule has 2 rings (SSSR count). The first-order valence-electron chi connectivity index (χ1n) is 6.21. The third-order valence-corrected chi connectivity index (χ3v) is 4.07. The molecule has 21 heavy (non-hydrogen) atoms. The lowest BCUT2D eigenvalue weighted by atomic mass is 10.0. The van der Waals surface area contributed by atoms with Gasteiger partial charge in [0.15, 0.2) is 6.79 Å². The number of halogens is 2. The van der Waals surface area contributed by atoms with Crippen LogP contribution < -0.4 is 4.74 Å². The van der Waals surface area contributed by atoms with E-state index < -0.39 is 12.1 Å². The van der Waals surface area contributed by atoms with E-state index in [9.17, 15) is 9.90 Å². The first kappa shape index (κ1) is 15.9. The van der Waals surface area contributed by atoms with Gasteiger partial charge in [0.1, 0.15) is 5.75 Å². The van der Waals surface area contributed by atoms with Crippen molar-refractivity contribution in [2.45, 2.75) is 12.5 Å². The molecule has 0 aromatic heterocycles. The number of hydrogen-bond acceptors (Lipinski definition) is 3. The summed E-state index contributed by atoms with van der Waals surface area (Å²) in [5.74, 6) is 0.456. The highest BCUT2D eigenvalue weighted by Gasteiger charge is 2.35. The van der Waals surface area contributed by atoms with E-state index in [1.807, 2.05) is 0 Å². The van der Waals surface area contributed by atoms with Crippen molar-refractivity contribution < 1.29 is 19.4 Å². The van der Waals surface area contributed by atoms with E-state index in [1.165, 1.54) is 12.0 Å². The lowest BCUT2D eigenvalue weighted by Gasteiger charge is -2.24. The summed E-state index contributed by atoms with van der Waals surface area (Å²) in [6.07, 6.45) is -0.553. The Kier molecular flexibility index (Phi) is 4.98. The summed E-state index contributed by atoms with van der Waals surface area (Å²) in [7, 11) is 1.50. The smallest absolute Gasteiger partial charge is 0.408 e. The first-order valence-corrected chi connectivity index (χ1v) is 6.97. The molecule has 114 valence electrons. The van der Waals surface area contributed by atoms with Gasteiger partial charge in [0.25, 0.3) is 0 Å². The summed E-state index contributed by atoms with van der Waals surface area (Å²) in [6, 6.07) is 2.80. The highest BCUT2D eigenvalue weighted by Crippen LogP contribution is 2.44. The first-order chi connectivity index (χ1) is 9.95. The Morgan fingerprint density at radius 1 is 1.52 bits per heavy atom. The third-order valence-electron chi connectivity index (χ3n) is 3.26. The van der Waals surface area contributed by atoms with Gasteiger partial charge in [-0.3, -0.25) is 4.90 Å². The molecule has 0 radical (unpaired) electrons. The second kappa shape index (κ2) is 6.56. The molecule has 1 heterocycles. The van der Waals surface area contributed by atoms with Crippen molar-refractivity contribution in [3.05, 3.63) is 39.9 Å². The third kappa shape index (κ3) is 3.26. The maximum atomic E-state index is 11.4. The van der Waals surface area contributed by atoms with E-state index >= 15 is 0 Å². The fourth-order valence-corrected chi connectivity index (χ4v) is 2.81. The quantitative estimate of drug-likeness (QED) is 0.670. The van der Waals surface area contributed by atoms with Gasteiger partial charge in [-0.05, 0) is 18.6 Å². The highest BCUT2D eigenvalue weighted by molar-refractivity contribution is 6.42. The largest absolute Gasteiger partial charge is 0.467 e. The molecule has 0 spiro atoms. The van der Waals surface area contributed by atoms with Crippen LogP contribution in [-0.2, 0) is 4.74 Å². The standard InChI is InChI=1S/C14H15Cl2NO4/c1-8-5-10(17(6-8)14(18)19)12-11(21-7-20-2)4-3-9(15)13(12)16/h3-4,10H,1,5-7H2,2H3,(H,18,19). The fraction of sp³-hybridized carbons (Fsp3) is 0.357. The van der Waals surface area contributed by atoms with Gasteiger partial charge >= 0.3 is 6.09 Å². The zero-order valence-corrected chi connectivity index (χ0v) is 12.9. The zero-order chi connectivity index (χ0) is 15.6. The second-order valence-electron chi connectivity index (χ2n) is 4.70. The highest BCUT2D eigenvalue weighted by atomic mass is 35.5. The summed E-state index contributed by atoms with van der Waals surface area (Å²) in [5, 5.41) is 9.97. The molecule has 0 saturated carbocycles. The van der Waals surface area contributed by atoms with Crippen LogP contribution in [0.4, 0.5) is 4.79 Å². The van der Waals surface area contributed by atoms with Crippen molar-refractivity contribution in [1.29, 1.82) is 0 Å². The molecular formula is C14H15Cl2NO4. The Morgan fingerprint density at radius 2 is 2.24 bits per heavy atom. The van der Waals surface area contributed by atoms with Crippen LogP contribution in [0.5, 0.6) is 5.75 Å². The topological polar surface area (TPSA) is 59.0 Å². The molecule has 1 aromatic rings. The predicted molar refractivity (Wildman–Crippen MR) is 80.2 cm³/mol. The summed E-state index contributed by atoms with van der Waals surface area (Å²) in [5.41, 5.74) is 1.36. The number of ether oxygens (including phenoxy) is 2. The normalized spacial score (nSPS) is 18.1. The van der Waals surface area contributed by atoms with E-state index in [1.54, 1.807) is 12.1 Å². The van der Waals surface area contributed by atoms with Crippen LogP contribution in [0, 0.1) is 0 Å². The van der Waals surface area contributed by atoms with Crippen LogP contribution in [-0.4, -0.2) is 36.5 Å². The number of methoxy groups -OCH3 is 1. The molecule has 1 unspecified atom stereocenters. The van der Waals surface area contributed by atoms with Gasteiger partial charge < -0.3 is 14.6 Å². The van der Waals surface area contributed by atoms with Crippen LogP contribution in [0.25, 0.3) is 0 Å². The Balaban J connectivity index is 2.47. The minimum atomic E-state index is -1.03. The SMILES string of the molecule is C=C1CC(c2c(OCOC)ccc(Cl)c2Cl)N(C(=O)O)C1. The van der Waals surface area contributed by atoms with Gasteiger partial charge in [0.05, 0.1) is 16.1 Å². The molecule has 0 aliphatic carbocycles. The van der Waals surface area contributed by atoms with Crippen LogP contribution in [0.1, 0.15) is 18.0 Å². The average molecular weight is 332 g/mol. The number of rotatable bonds is 4. The molecule has 1 atom stereocenters. The molecule has 1 amide bonds. The van der Waals surface area contributed by atoms with E-state index in [2.05, 4.69) is 6.58 Å². The summed E-state index contributed by atoms with van der Waals surface area (Å²) in [6.45, 7) is 4.16. The monoisotopic (exact) mass is 331 g/mol. The van der Waals surface area contributed by atoms with Gasteiger partial charge in [-0.2, -0.15) is 0 Å². The molecule has 1 saturated heterocycles. The van der Waals surface area contributed by atoms with Crippen molar-refractivity contribution in [3.8, 4) is 5.75 Å². The van der Waals surface area contributed by atoms with Gasteiger partial charge in [-0.25, -0.2) is 4.79 Å². The van der Waals surface area contributed by atoms with Crippen LogP contribution in [0.3, 0.4) is 0 Å². The number of nitrogens with zero attached hydrogens (tertiary/aromatic N) is 1. The lowest BCUT2D eigenvalue weighted by molar-refractivity contribution is 0.0494. The molecule has 1 N–H and O–H groups in total. The maximum absolute atomic E-state index is 11.4. The number of benzene rings is 1. The molecule has 1 aromatic carbocycles. The molecule has 1 aliphatic heterocycles. The van der Waals surface area contributed by atoms with Gasteiger partial charge in [0.2, 0.25) is 0 Å².